The average Bonchev–Trinajstić information content (AvgIpc) is 2.97. The molecule has 24 heavy (non-hydrogen) atoms. The summed E-state index contributed by atoms with van der Waals surface area (Å²) in [4.78, 5) is 25.2. The zero-order valence-electron chi connectivity index (χ0n) is 13.1. The van der Waals surface area contributed by atoms with Gasteiger partial charge in [0.05, 0.1) is 6.04 Å². The second kappa shape index (κ2) is 7.05. The molecule has 1 atom stereocenters. The first kappa shape index (κ1) is 16.5. The summed E-state index contributed by atoms with van der Waals surface area (Å²) in [6.07, 6.45) is 3.36. The van der Waals surface area contributed by atoms with Crippen LogP contribution in [0.15, 0.2) is 47.4 Å². The number of aryl methyl sites for hydroxylation is 1. The van der Waals surface area contributed by atoms with E-state index in [9.17, 15) is 14.0 Å². The lowest BCUT2D eigenvalue weighted by atomic mass is 10.1. The van der Waals surface area contributed by atoms with E-state index in [1.807, 2.05) is 18.4 Å². The summed E-state index contributed by atoms with van der Waals surface area (Å²) in [5, 5.41) is 5.28. The monoisotopic (exact) mass is 344 g/mol. The number of carbonyl (C=O) groups is 2. The number of nitrogens with one attached hydrogen (secondary N) is 2. The number of benzene rings is 2. The number of amides is 2. The van der Waals surface area contributed by atoms with Gasteiger partial charge in [0.15, 0.2) is 0 Å². The van der Waals surface area contributed by atoms with Crippen LogP contribution in [0.3, 0.4) is 0 Å². The summed E-state index contributed by atoms with van der Waals surface area (Å²) in [7, 11) is 0. The minimum absolute atomic E-state index is 0.327. The Bertz CT molecular complexity index is 794. The third kappa shape index (κ3) is 3.59. The Morgan fingerprint density at radius 2 is 2.00 bits per heavy atom. The van der Waals surface area contributed by atoms with Crippen LogP contribution in [0.25, 0.3) is 0 Å². The first-order valence-electron chi connectivity index (χ1n) is 7.61. The highest BCUT2D eigenvalue weighted by Crippen LogP contribution is 2.31. The van der Waals surface area contributed by atoms with Crippen LogP contribution in [0.4, 0.5) is 10.1 Å². The molecule has 0 heterocycles. The zero-order valence-corrected chi connectivity index (χ0v) is 14.0. The molecule has 124 valence electrons. The van der Waals surface area contributed by atoms with Crippen molar-refractivity contribution in [1.82, 2.24) is 5.32 Å². The summed E-state index contributed by atoms with van der Waals surface area (Å²) in [5.41, 5.74) is 2.33. The van der Waals surface area contributed by atoms with Gasteiger partial charge in [-0.25, -0.2) is 4.39 Å². The van der Waals surface area contributed by atoms with Gasteiger partial charge in [-0.3, -0.25) is 9.59 Å². The van der Waals surface area contributed by atoms with E-state index < -0.39 is 11.8 Å². The van der Waals surface area contributed by atoms with Crippen molar-refractivity contribution in [3.63, 3.8) is 0 Å². The molecule has 0 saturated carbocycles. The highest BCUT2D eigenvalue weighted by atomic mass is 32.2. The molecular formula is C18H17FN2O2S. The minimum Gasteiger partial charge on any atom is -0.341 e. The molecule has 2 aromatic rings. The Hall–Kier alpha value is -2.34. The number of hydrogen-bond donors (Lipinski definition) is 2. The smallest absolute Gasteiger partial charge is 0.313 e. The number of fused-ring (bicyclic) bond motifs is 1. The molecule has 0 bridgehead atoms. The maximum absolute atomic E-state index is 13.4. The first-order valence-corrected chi connectivity index (χ1v) is 8.83. The number of anilines is 1. The van der Waals surface area contributed by atoms with Gasteiger partial charge in [-0.2, -0.15) is 0 Å². The number of thioether (sulfide) groups is 1. The van der Waals surface area contributed by atoms with Gasteiger partial charge in [-0.1, -0.05) is 12.1 Å². The van der Waals surface area contributed by atoms with Crippen molar-refractivity contribution in [2.75, 3.05) is 11.6 Å². The van der Waals surface area contributed by atoms with Crippen LogP contribution in [0.1, 0.15) is 23.6 Å². The Morgan fingerprint density at radius 3 is 2.79 bits per heavy atom. The SMILES string of the molecule is CSc1cccc(NC(=O)C(=O)NC2CCc3ccc(F)cc32)c1. The molecule has 2 N–H and O–H groups in total. The third-order valence-corrected chi connectivity index (χ3v) is 4.75. The number of hydrogen-bond acceptors (Lipinski definition) is 3. The van der Waals surface area contributed by atoms with Crippen LogP contribution in [0.5, 0.6) is 0 Å². The standard InChI is InChI=1S/C18H17FN2O2S/c1-24-14-4-2-3-13(10-14)20-17(22)18(23)21-16-8-6-11-5-7-12(19)9-15(11)16/h2-5,7,9-10,16H,6,8H2,1H3,(H,20,22)(H,21,23). The Kier molecular flexibility index (Phi) is 4.85. The van der Waals surface area contributed by atoms with E-state index in [0.717, 1.165) is 22.4 Å². The van der Waals surface area contributed by atoms with Gasteiger partial charge < -0.3 is 10.6 Å². The number of rotatable bonds is 3. The molecule has 6 heteroatoms. The highest BCUT2D eigenvalue weighted by Gasteiger charge is 2.26. The van der Waals surface area contributed by atoms with E-state index >= 15 is 0 Å². The van der Waals surface area contributed by atoms with Gasteiger partial charge in [-0.15, -0.1) is 11.8 Å². The summed E-state index contributed by atoms with van der Waals surface area (Å²) in [5.74, 6) is -1.78. The van der Waals surface area contributed by atoms with Crippen molar-refractivity contribution in [3.8, 4) is 0 Å². The molecule has 3 rings (SSSR count). The topological polar surface area (TPSA) is 58.2 Å². The lowest BCUT2D eigenvalue weighted by Gasteiger charge is -2.14. The molecule has 2 amide bonds. The van der Waals surface area contributed by atoms with Crippen LogP contribution in [-0.2, 0) is 16.0 Å². The summed E-state index contributed by atoms with van der Waals surface area (Å²) < 4.78 is 13.4. The molecule has 0 saturated heterocycles. The van der Waals surface area contributed by atoms with E-state index in [2.05, 4.69) is 10.6 Å². The van der Waals surface area contributed by atoms with Gasteiger partial charge in [0.1, 0.15) is 5.82 Å². The molecule has 1 unspecified atom stereocenters. The zero-order chi connectivity index (χ0) is 17.1. The second-order valence-corrected chi connectivity index (χ2v) is 6.47. The molecule has 0 radical (unpaired) electrons. The molecule has 0 aromatic heterocycles. The number of carbonyl (C=O) groups excluding carboxylic acids is 2. The van der Waals surface area contributed by atoms with Gasteiger partial charge in [0.2, 0.25) is 0 Å². The lowest BCUT2D eigenvalue weighted by molar-refractivity contribution is -0.136. The minimum atomic E-state index is -0.724. The largest absolute Gasteiger partial charge is 0.341 e. The molecule has 2 aromatic carbocycles. The van der Waals surface area contributed by atoms with Crippen LogP contribution >= 0.6 is 11.8 Å². The van der Waals surface area contributed by atoms with Crippen molar-refractivity contribution in [2.24, 2.45) is 0 Å². The van der Waals surface area contributed by atoms with Gasteiger partial charge in [-0.05, 0) is 60.6 Å². The quantitative estimate of drug-likeness (QED) is 0.663. The van der Waals surface area contributed by atoms with Crippen LogP contribution in [0.2, 0.25) is 0 Å². The maximum Gasteiger partial charge on any atom is 0.313 e. The molecule has 0 aliphatic heterocycles. The van der Waals surface area contributed by atoms with Gasteiger partial charge >= 0.3 is 11.8 Å². The van der Waals surface area contributed by atoms with Crippen LogP contribution in [0, 0.1) is 5.82 Å². The van der Waals surface area contributed by atoms with Gasteiger partial charge in [0.25, 0.3) is 0 Å². The summed E-state index contributed by atoms with van der Waals surface area (Å²) in [6.45, 7) is 0. The van der Waals surface area contributed by atoms with E-state index in [1.165, 1.54) is 12.1 Å². The first-order chi connectivity index (χ1) is 11.6. The Morgan fingerprint density at radius 1 is 1.17 bits per heavy atom. The van der Waals surface area contributed by atoms with Crippen molar-refractivity contribution in [1.29, 1.82) is 0 Å². The van der Waals surface area contributed by atoms with Crippen LogP contribution < -0.4 is 10.6 Å². The van der Waals surface area contributed by atoms with E-state index in [-0.39, 0.29) is 11.9 Å². The molecule has 0 fully saturated rings. The molecule has 4 nitrogen and oxygen atoms in total. The van der Waals surface area contributed by atoms with Crippen molar-refractivity contribution >= 4 is 29.3 Å². The lowest BCUT2D eigenvalue weighted by Crippen LogP contribution is -2.37. The van der Waals surface area contributed by atoms with Crippen LogP contribution in [-0.4, -0.2) is 18.1 Å². The van der Waals surface area contributed by atoms with E-state index in [0.29, 0.717) is 12.1 Å². The predicted molar refractivity (Wildman–Crippen MR) is 92.5 cm³/mol. The predicted octanol–water partition coefficient (Wildman–Crippen LogP) is 3.29. The second-order valence-electron chi connectivity index (χ2n) is 5.59. The highest BCUT2D eigenvalue weighted by molar-refractivity contribution is 7.98. The normalized spacial score (nSPS) is 15.7. The Balaban J connectivity index is 1.65. The molecule has 0 spiro atoms. The summed E-state index contributed by atoms with van der Waals surface area (Å²) in [6, 6.07) is 11.5. The van der Waals surface area contributed by atoms with Gasteiger partial charge in [0, 0.05) is 10.6 Å². The van der Waals surface area contributed by atoms with Crippen molar-refractivity contribution in [2.45, 2.75) is 23.8 Å². The maximum atomic E-state index is 13.4. The van der Waals surface area contributed by atoms with Crippen molar-refractivity contribution < 1.29 is 14.0 Å². The van der Waals surface area contributed by atoms with E-state index in [1.54, 1.807) is 30.0 Å². The summed E-state index contributed by atoms with van der Waals surface area (Å²) >= 11 is 1.55. The molecule has 1 aliphatic carbocycles. The van der Waals surface area contributed by atoms with Crippen molar-refractivity contribution in [3.05, 3.63) is 59.4 Å². The fraction of sp³-hybridized carbons (Fsp3) is 0.222. The van der Waals surface area contributed by atoms with E-state index in [4.69, 9.17) is 0 Å². The Labute approximate surface area is 143 Å². The average molecular weight is 344 g/mol. The fourth-order valence-electron chi connectivity index (χ4n) is 2.84. The third-order valence-electron chi connectivity index (χ3n) is 4.02. The molecular weight excluding hydrogens is 327 g/mol. The fourth-order valence-corrected chi connectivity index (χ4v) is 3.30. The number of halogens is 1. The molecule has 1 aliphatic rings.